The first kappa shape index (κ1) is 18.1. The van der Waals surface area contributed by atoms with Crippen LogP contribution in [0.25, 0.3) is 5.69 Å². The molecule has 0 N–H and O–H groups in total. The molecular formula is C19H21N3O3S. The number of methoxy groups -OCH3 is 1. The first-order valence-corrected chi connectivity index (χ1v) is 9.32. The molecule has 0 fully saturated rings. The molecule has 1 aromatic heterocycles. The highest BCUT2D eigenvalue weighted by molar-refractivity contribution is 7.99. The molecule has 0 aliphatic carbocycles. The Morgan fingerprint density at radius 2 is 1.73 bits per heavy atom. The third-order valence-corrected chi connectivity index (χ3v) is 4.49. The van der Waals surface area contributed by atoms with Crippen LogP contribution in [0.15, 0.2) is 60.0 Å². The van der Waals surface area contributed by atoms with Gasteiger partial charge < -0.3 is 14.2 Å². The van der Waals surface area contributed by atoms with E-state index < -0.39 is 0 Å². The van der Waals surface area contributed by atoms with Crippen LogP contribution in [-0.4, -0.2) is 40.8 Å². The van der Waals surface area contributed by atoms with E-state index in [-0.39, 0.29) is 0 Å². The second-order valence-corrected chi connectivity index (χ2v) is 6.32. The van der Waals surface area contributed by atoms with Gasteiger partial charge in [0.05, 0.1) is 26.0 Å². The van der Waals surface area contributed by atoms with Gasteiger partial charge in [-0.3, -0.25) is 4.57 Å². The predicted molar refractivity (Wildman–Crippen MR) is 102 cm³/mol. The van der Waals surface area contributed by atoms with Gasteiger partial charge in [-0.2, -0.15) is 0 Å². The van der Waals surface area contributed by atoms with Crippen molar-refractivity contribution >= 4 is 11.8 Å². The number of hydrogen-bond acceptors (Lipinski definition) is 6. The molecule has 6 nitrogen and oxygen atoms in total. The summed E-state index contributed by atoms with van der Waals surface area (Å²) in [7, 11) is 1.65. The van der Waals surface area contributed by atoms with Crippen molar-refractivity contribution in [1.82, 2.24) is 14.8 Å². The van der Waals surface area contributed by atoms with Gasteiger partial charge in [0.1, 0.15) is 23.6 Å². The first-order valence-electron chi connectivity index (χ1n) is 8.33. The lowest BCUT2D eigenvalue weighted by Gasteiger charge is -2.11. The normalized spacial score (nSPS) is 10.5. The number of rotatable bonds is 9. The lowest BCUT2D eigenvalue weighted by atomic mass is 10.3. The smallest absolute Gasteiger partial charge is 0.195 e. The van der Waals surface area contributed by atoms with Gasteiger partial charge in [0.2, 0.25) is 0 Å². The number of thioether (sulfide) groups is 1. The van der Waals surface area contributed by atoms with E-state index in [0.29, 0.717) is 13.2 Å². The maximum atomic E-state index is 5.77. The summed E-state index contributed by atoms with van der Waals surface area (Å²) >= 11 is 1.58. The van der Waals surface area contributed by atoms with Gasteiger partial charge in [0.15, 0.2) is 5.16 Å². The van der Waals surface area contributed by atoms with Crippen molar-refractivity contribution in [2.75, 3.05) is 26.1 Å². The fourth-order valence-electron chi connectivity index (χ4n) is 2.41. The molecule has 136 valence electrons. The van der Waals surface area contributed by atoms with Crippen LogP contribution in [0.4, 0.5) is 0 Å². The van der Waals surface area contributed by atoms with E-state index >= 15 is 0 Å². The molecule has 0 spiro atoms. The summed E-state index contributed by atoms with van der Waals surface area (Å²) in [4.78, 5) is 0. The van der Waals surface area contributed by atoms with E-state index in [1.807, 2.05) is 60.0 Å². The van der Waals surface area contributed by atoms with Crippen LogP contribution < -0.4 is 14.2 Å². The molecular weight excluding hydrogens is 350 g/mol. The number of aromatic nitrogens is 3. The molecule has 0 atom stereocenters. The zero-order chi connectivity index (χ0) is 18.2. The lowest BCUT2D eigenvalue weighted by molar-refractivity contribution is 0.332. The SMILES string of the molecule is CCOc1ccc(OCCSc2nncn2-c2ccccc2OC)cc1. The molecule has 0 amide bonds. The fraction of sp³-hybridized carbons (Fsp3) is 0.263. The van der Waals surface area contributed by atoms with Crippen molar-refractivity contribution in [2.45, 2.75) is 12.1 Å². The number of benzene rings is 2. The third kappa shape index (κ3) is 4.49. The summed E-state index contributed by atoms with van der Waals surface area (Å²) in [6, 6.07) is 15.4. The molecule has 0 bridgehead atoms. The Labute approximate surface area is 157 Å². The summed E-state index contributed by atoms with van der Waals surface area (Å²) in [5.74, 6) is 3.19. The number of hydrogen-bond donors (Lipinski definition) is 0. The highest BCUT2D eigenvalue weighted by Crippen LogP contribution is 2.26. The second kappa shape index (κ2) is 9.15. The highest BCUT2D eigenvalue weighted by atomic mass is 32.2. The summed E-state index contributed by atoms with van der Waals surface area (Å²) in [6.45, 7) is 3.19. The van der Waals surface area contributed by atoms with Gasteiger partial charge in [-0.1, -0.05) is 23.9 Å². The van der Waals surface area contributed by atoms with Crippen LogP contribution in [0.5, 0.6) is 17.2 Å². The molecule has 3 aromatic rings. The molecule has 3 rings (SSSR count). The van der Waals surface area contributed by atoms with E-state index in [1.54, 1.807) is 25.2 Å². The monoisotopic (exact) mass is 371 g/mol. The Morgan fingerprint density at radius 3 is 2.46 bits per heavy atom. The standard InChI is InChI=1S/C19H21N3O3S/c1-3-24-15-8-10-16(11-9-15)25-12-13-26-19-21-20-14-22(19)17-6-4-5-7-18(17)23-2/h4-11,14H,3,12-13H2,1-2H3. The van der Waals surface area contributed by atoms with Crippen LogP contribution in [0.3, 0.4) is 0 Å². The molecule has 0 saturated heterocycles. The van der Waals surface area contributed by atoms with E-state index in [1.165, 1.54) is 0 Å². The molecule has 0 aliphatic rings. The third-order valence-electron chi connectivity index (χ3n) is 3.58. The highest BCUT2D eigenvalue weighted by Gasteiger charge is 2.11. The predicted octanol–water partition coefficient (Wildman–Crippen LogP) is 3.85. The minimum atomic E-state index is 0.567. The zero-order valence-corrected chi connectivity index (χ0v) is 15.6. The van der Waals surface area contributed by atoms with Gasteiger partial charge >= 0.3 is 0 Å². The number of para-hydroxylation sites is 2. The minimum absolute atomic E-state index is 0.567. The number of ether oxygens (including phenoxy) is 3. The summed E-state index contributed by atoms with van der Waals surface area (Å²) in [6.07, 6.45) is 1.69. The molecule has 0 radical (unpaired) electrons. The maximum absolute atomic E-state index is 5.77. The summed E-state index contributed by atoms with van der Waals surface area (Å²) in [5.41, 5.74) is 0.912. The van der Waals surface area contributed by atoms with Crippen LogP contribution in [0.2, 0.25) is 0 Å². The molecule has 26 heavy (non-hydrogen) atoms. The quantitative estimate of drug-likeness (QED) is 0.421. The van der Waals surface area contributed by atoms with Gasteiger partial charge in [-0.15, -0.1) is 10.2 Å². The van der Waals surface area contributed by atoms with Crippen LogP contribution in [0, 0.1) is 0 Å². The topological polar surface area (TPSA) is 58.4 Å². The van der Waals surface area contributed by atoms with Gasteiger partial charge in [-0.05, 0) is 43.3 Å². The zero-order valence-electron chi connectivity index (χ0n) is 14.8. The van der Waals surface area contributed by atoms with Gasteiger partial charge in [-0.25, -0.2) is 0 Å². The summed E-state index contributed by atoms with van der Waals surface area (Å²) in [5, 5.41) is 9.01. The molecule has 1 heterocycles. The van der Waals surface area contributed by atoms with Crippen molar-refractivity contribution in [3.8, 4) is 22.9 Å². The molecule has 7 heteroatoms. The van der Waals surface area contributed by atoms with Crippen molar-refractivity contribution in [2.24, 2.45) is 0 Å². The Bertz CT molecular complexity index is 821. The van der Waals surface area contributed by atoms with Crippen molar-refractivity contribution in [1.29, 1.82) is 0 Å². The number of nitrogens with zero attached hydrogens (tertiary/aromatic N) is 3. The molecule has 0 saturated carbocycles. The maximum Gasteiger partial charge on any atom is 0.195 e. The second-order valence-electron chi connectivity index (χ2n) is 5.26. The molecule has 0 unspecified atom stereocenters. The van der Waals surface area contributed by atoms with E-state index in [0.717, 1.165) is 33.8 Å². The average Bonchev–Trinajstić information content (AvgIpc) is 3.15. The van der Waals surface area contributed by atoms with Gasteiger partial charge in [0.25, 0.3) is 0 Å². The van der Waals surface area contributed by atoms with Gasteiger partial charge in [0, 0.05) is 5.75 Å². The average molecular weight is 371 g/mol. The van der Waals surface area contributed by atoms with E-state index in [2.05, 4.69) is 10.2 Å². The van der Waals surface area contributed by atoms with Crippen LogP contribution in [-0.2, 0) is 0 Å². The Hall–Kier alpha value is -2.67. The van der Waals surface area contributed by atoms with Crippen LogP contribution >= 0.6 is 11.8 Å². The lowest BCUT2D eigenvalue weighted by Crippen LogP contribution is -2.03. The van der Waals surface area contributed by atoms with Crippen molar-refractivity contribution in [3.05, 3.63) is 54.9 Å². The molecule has 0 aliphatic heterocycles. The Balaban J connectivity index is 1.55. The van der Waals surface area contributed by atoms with Crippen LogP contribution in [0.1, 0.15) is 6.92 Å². The van der Waals surface area contributed by atoms with E-state index in [4.69, 9.17) is 14.2 Å². The van der Waals surface area contributed by atoms with Crippen molar-refractivity contribution in [3.63, 3.8) is 0 Å². The molecule has 2 aromatic carbocycles. The Kier molecular flexibility index (Phi) is 6.38. The van der Waals surface area contributed by atoms with Crippen molar-refractivity contribution < 1.29 is 14.2 Å². The minimum Gasteiger partial charge on any atom is -0.495 e. The van der Waals surface area contributed by atoms with E-state index in [9.17, 15) is 0 Å². The Morgan fingerprint density at radius 1 is 1.00 bits per heavy atom. The summed E-state index contributed by atoms with van der Waals surface area (Å²) < 4.78 is 18.5. The first-order chi connectivity index (χ1) is 12.8. The fourth-order valence-corrected chi connectivity index (χ4v) is 3.15. The largest absolute Gasteiger partial charge is 0.495 e.